The van der Waals surface area contributed by atoms with Crippen LogP contribution < -0.4 is 10.2 Å². The van der Waals surface area contributed by atoms with Crippen molar-refractivity contribution in [2.75, 3.05) is 0 Å². The first-order valence-corrected chi connectivity index (χ1v) is 10.9. The maximum Gasteiger partial charge on any atom is 0.494 e. The number of hydrogen-bond acceptors (Lipinski definition) is 3. The summed E-state index contributed by atoms with van der Waals surface area (Å²) in [6, 6.07) is 4.71. The van der Waals surface area contributed by atoms with Gasteiger partial charge >= 0.3 is 13.2 Å². The van der Waals surface area contributed by atoms with Gasteiger partial charge in [-0.05, 0) is 56.9 Å². The van der Waals surface area contributed by atoms with Crippen molar-refractivity contribution < 1.29 is 49.2 Å². The van der Waals surface area contributed by atoms with Crippen LogP contribution in [-0.4, -0.2) is 18.3 Å². The molecule has 3 aromatic carbocycles. The number of ether oxygens (including phenoxy) is 1. The van der Waals surface area contributed by atoms with Crippen molar-refractivity contribution in [1.29, 1.82) is 0 Å². The maximum absolute atomic E-state index is 14.9. The van der Waals surface area contributed by atoms with Crippen LogP contribution in [0.15, 0.2) is 42.5 Å². The number of rotatable bonds is 5. The highest BCUT2D eigenvalue weighted by Gasteiger charge is 2.51. The van der Waals surface area contributed by atoms with Gasteiger partial charge in [0.15, 0.2) is 17.5 Å². The molecule has 3 aromatic rings. The number of alkyl halides is 2. The lowest BCUT2D eigenvalue weighted by Gasteiger charge is -2.32. The van der Waals surface area contributed by atoms with Crippen LogP contribution >= 0.6 is 0 Å². The fourth-order valence-corrected chi connectivity index (χ4v) is 3.69. The summed E-state index contributed by atoms with van der Waals surface area (Å²) in [7, 11) is -0.915. The molecule has 1 aliphatic heterocycles. The van der Waals surface area contributed by atoms with Crippen LogP contribution in [0.4, 0.5) is 35.1 Å². The highest BCUT2D eigenvalue weighted by atomic mass is 19.3. The van der Waals surface area contributed by atoms with Gasteiger partial charge in [-0.25, -0.2) is 26.3 Å². The summed E-state index contributed by atoms with van der Waals surface area (Å²) in [4.78, 5) is 0. The van der Waals surface area contributed by atoms with Gasteiger partial charge < -0.3 is 14.0 Å². The third kappa shape index (κ3) is 4.92. The Morgan fingerprint density at radius 1 is 0.703 bits per heavy atom. The highest BCUT2D eigenvalue weighted by Crippen LogP contribution is 2.39. The first kappa shape index (κ1) is 26.9. The summed E-state index contributed by atoms with van der Waals surface area (Å²) in [6.07, 6.45) is -4.76. The van der Waals surface area contributed by atoms with Crippen LogP contribution in [0, 0.1) is 34.9 Å². The molecule has 12 heteroatoms. The predicted octanol–water partition coefficient (Wildman–Crippen LogP) is 6.62. The molecular formula is C25H19BF8O3. The zero-order valence-electron chi connectivity index (χ0n) is 19.9. The summed E-state index contributed by atoms with van der Waals surface area (Å²) in [6.45, 7) is 7.20. The smallest absolute Gasteiger partial charge is 0.429 e. The minimum atomic E-state index is -4.76. The van der Waals surface area contributed by atoms with Gasteiger partial charge in [-0.2, -0.15) is 8.78 Å². The molecule has 1 saturated heterocycles. The largest absolute Gasteiger partial charge is 0.494 e. The van der Waals surface area contributed by atoms with Gasteiger partial charge in [0.25, 0.3) is 0 Å². The molecule has 3 nitrogen and oxygen atoms in total. The van der Waals surface area contributed by atoms with Crippen molar-refractivity contribution in [3.8, 4) is 16.9 Å². The van der Waals surface area contributed by atoms with E-state index >= 15 is 0 Å². The Morgan fingerprint density at radius 2 is 1.22 bits per heavy atom. The molecule has 0 amide bonds. The van der Waals surface area contributed by atoms with E-state index in [4.69, 9.17) is 9.31 Å². The van der Waals surface area contributed by atoms with Crippen LogP contribution in [0.25, 0.3) is 11.1 Å². The molecule has 196 valence electrons. The minimum Gasteiger partial charge on any atom is -0.429 e. The second-order valence-corrected chi connectivity index (χ2v) is 9.46. The van der Waals surface area contributed by atoms with Gasteiger partial charge in [0.1, 0.15) is 28.8 Å². The molecule has 0 aliphatic carbocycles. The highest BCUT2D eigenvalue weighted by molar-refractivity contribution is 6.62. The number of benzene rings is 3. The first-order valence-electron chi connectivity index (χ1n) is 10.9. The Bertz CT molecular complexity index is 1310. The van der Waals surface area contributed by atoms with Crippen LogP contribution in [0.2, 0.25) is 0 Å². The lowest BCUT2D eigenvalue weighted by molar-refractivity contribution is -0.189. The Kier molecular flexibility index (Phi) is 6.57. The third-order valence-corrected chi connectivity index (χ3v) is 6.37. The Labute approximate surface area is 207 Å². The summed E-state index contributed by atoms with van der Waals surface area (Å²) in [5.41, 5.74) is -3.73. The van der Waals surface area contributed by atoms with E-state index in [1.165, 1.54) is 12.1 Å². The fraction of sp³-hybridized carbons (Fsp3) is 0.280. The predicted molar refractivity (Wildman–Crippen MR) is 118 cm³/mol. The van der Waals surface area contributed by atoms with E-state index in [0.29, 0.717) is 12.1 Å². The number of halogens is 8. The molecule has 1 fully saturated rings. The number of hydrogen-bond donors (Lipinski definition) is 0. The Morgan fingerprint density at radius 3 is 1.70 bits per heavy atom. The molecule has 0 spiro atoms. The van der Waals surface area contributed by atoms with Crippen molar-refractivity contribution in [2.45, 2.75) is 45.0 Å². The zero-order chi connectivity index (χ0) is 27.5. The molecule has 0 aromatic heterocycles. The van der Waals surface area contributed by atoms with Crippen LogP contribution in [-0.2, 0) is 15.4 Å². The van der Waals surface area contributed by atoms with E-state index in [1.54, 1.807) is 27.7 Å². The molecule has 0 N–H and O–H groups in total. The van der Waals surface area contributed by atoms with Crippen LogP contribution in [0.3, 0.4) is 0 Å². The van der Waals surface area contributed by atoms with E-state index in [-0.39, 0.29) is 23.2 Å². The fourth-order valence-electron chi connectivity index (χ4n) is 3.69. The van der Waals surface area contributed by atoms with Crippen molar-refractivity contribution in [1.82, 2.24) is 0 Å². The monoisotopic (exact) mass is 530 g/mol. The van der Waals surface area contributed by atoms with Gasteiger partial charge in [0, 0.05) is 17.7 Å². The lowest BCUT2D eigenvalue weighted by Crippen LogP contribution is -2.41. The van der Waals surface area contributed by atoms with Crippen molar-refractivity contribution in [2.24, 2.45) is 0 Å². The maximum atomic E-state index is 14.9. The minimum absolute atomic E-state index is 0.0907. The van der Waals surface area contributed by atoms with Gasteiger partial charge in [-0.3, -0.25) is 0 Å². The van der Waals surface area contributed by atoms with E-state index in [2.05, 4.69) is 4.74 Å². The molecule has 0 radical (unpaired) electrons. The van der Waals surface area contributed by atoms with E-state index in [0.717, 1.165) is 6.07 Å². The Balaban J connectivity index is 1.64. The van der Waals surface area contributed by atoms with Crippen LogP contribution in [0.5, 0.6) is 5.75 Å². The van der Waals surface area contributed by atoms with Gasteiger partial charge in [0.05, 0.1) is 11.2 Å². The van der Waals surface area contributed by atoms with Gasteiger partial charge in [0.2, 0.25) is 0 Å². The quantitative estimate of drug-likeness (QED) is 0.211. The summed E-state index contributed by atoms with van der Waals surface area (Å²) < 4.78 is 129. The molecule has 1 aliphatic rings. The molecule has 4 rings (SSSR count). The SMILES string of the molecule is CC1(C)OB(c2ccc(-c3cc(F)c(C(F)(F)Oc4cc(F)c(F)c(F)c4)c(F)c3)c(F)c2)OC1(C)C. The summed E-state index contributed by atoms with van der Waals surface area (Å²) in [5, 5.41) is 0. The van der Waals surface area contributed by atoms with Gasteiger partial charge in [-0.1, -0.05) is 12.1 Å². The summed E-state index contributed by atoms with van der Waals surface area (Å²) in [5.74, 6) is -11.4. The topological polar surface area (TPSA) is 27.7 Å². The second kappa shape index (κ2) is 9.02. The third-order valence-electron chi connectivity index (χ3n) is 6.37. The summed E-state index contributed by atoms with van der Waals surface area (Å²) >= 11 is 0. The van der Waals surface area contributed by atoms with E-state index < -0.39 is 76.2 Å². The molecule has 0 unspecified atom stereocenters. The molecule has 0 atom stereocenters. The van der Waals surface area contributed by atoms with E-state index in [9.17, 15) is 35.1 Å². The lowest BCUT2D eigenvalue weighted by atomic mass is 9.78. The average molecular weight is 530 g/mol. The van der Waals surface area contributed by atoms with Crippen molar-refractivity contribution >= 4 is 12.6 Å². The normalized spacial score (nSPS) is 16.8. The van der Waals surface area contributed by atoms with Crippen LogP contribution in [0.1, 0.15) is 33.3 Å². The van der Waals surface area contributed by atoms with Crippen molar-refractivity contribution in [3.05, 3.63) is 82.9 Å². The standard InChI is InChI=1S/C25H19BF8O3/c1-23(2)24(3,4)37-26(36-23)13-5-6-15(16(27)9-13)12-7-17(28)21(18(29)8-12)25(33,34)35-14-10-19(30)22(32)20(31)11-14/h5-11H,1-4H3. The van der Waals surface area contributed by atoms with E-state index in [1.807, 2.05) is 0 Å². The molecule has 0 bridgehead atoms. The Hall–Kier alpha value is -3.12. The first-order chi connectivity index (χ1) is 17.0. The molecule has 0 saturated carbocycles. The zero-order valence-corrected chi connectivity index (χ0v) is 19.9. The average Bonchev–Trinajstić information content (AvgIpc) is 2.97. The van der Waals surface area contributed by atoms with Crippen molar-refractivity contribution in [3.63, 3.8) is 0 Å². The second-order valence-electron chi connectivity index (χ2n) is 9.46. The molecule has 37 heavy (non-hydrogen) atoms. The molecule has 1 heterocycles. The molecular weight excluding hydrogens is 511 g/mol. The van der Waals surface area contributed by atoms with Gasteiger partial charge in [-0.15, -0.1) is 0 Å².